The lowest BCUT2D eigenvalue weighted by atomic mass is 10.1. The van der Waals surface area contributed by atoms with E-state index in [1.807, 2.05) is 30.3 Å². The molecule has 1 saturated heterocycles. The number of hydrogen-bond acceptors (Lipinski definition) is 4. The maximum atomic E-state index is 12.2. The van der Waals surface area contributed by atoms with Gasteiger partial charge in [-0.15, -0.1) is 4.65 Å². The number of pyridine rings is 2. The third-order valence-electron chi connectivity index (χ3n) is 5.19. The van der Waals surface area contributed by atoms with E-state index in [4.69, 9.17) is 9.82 Å². The van der Waals surface area contributed by atoms with Gasteiger partial charge in [-0.25, -0.2) is 0 Å². The zero-order valence-corrected chi connectivity index (χ0v) is 14.4. The highest BCUT2D eigenvalue weighted by Crippen LogP contribution is 2.29. The Morgan fingerprint density at radius 3 is 2.44 bits per heavy atom. The largest absolute Gasteiger partial charge is 0.633 e. The number of nitrogens with one attached hydrogen (secondary N) is 1. The number of piperazine rings is 1. The van der Waals surface area contributed by atoms with Gasteiger partial charge in [0.15, 0.2) is 13.1 Å². The van der Waals surface area contributed by atoms with Crippen molar-refractivity contribution < 1.29 is 9.48 Å². The second-order valence-electron chi connectivity index (χ2n) is 6.83. The first kappa shape index (κ1) is 16.2. The number of hydrogen-bond donors (Lipinski definition) is 1. The molecule has 0 atom stereocenters. The van der Waals surface area contributed by atoms with Crippen LogP contribution < -0.4 is 10.2 Å². The lowest BCUT2D eigenvalue weighted by molar-refractivity contribution is -0.866. The standard InChI is InChI=1S/C18H20N4O3/c1-21(24)9-11-22(25-2,12-10-21)16-8-7-15-17(20-16)13-5-3-4-6-14(13)18(23)19-15/h3-8H,9-12H2,1-2H3/p+1. The van der Waals surface area contributed by atoms with Crippen LogP contribution in [-0.2, 0) is 4.84 Å². The quantitative estimate of drug-likeness (QED) is 0.439. The number of likely N-dealkylation sites (N-methyl/N-ethyl adjacent to an activating group) is 1. The van der Waals surface area contributed by atoms with E-state index in [1.165, 1.54) is 0 Å². The molecular formula is C18H21N4O3+. The molecule has 0 bridgehead atoms. The molecular weight excluding hydrogens is 320 g/mol. The molecule has 7 heteroatoms. The molecule has 7 nitrogen and oxygen atoms in total. The van der Waals surface area contributed by atoms with E-state index in [1.54, 1.807) is 20.2 Å². The molecule has 130 valence electrons. The van der Waals surface area contributed by atoms with Crippen LogP contribution in [0.3, 0.4) is 0 Å². The number of aromatic nitrogens is 2. The number of quaternary nitrogens is 2. The van der Waals surface area contributed by atoms with Crippen molar-refractivity contribution in [1.29, 1.82) is 0 Å². The smallest absolute Gasteiger partial charge is 0.261 e. The topological polar surface area (TPSA) is 78.0 Å². The van der Waals surface area contributed by atoms with E-state index in [9.17, 15) is 10.0 Å². The van der Waals surface area contributed by atoms with Crippen LogP contribution in [0.2, 0.25) is 0 Å². The van der Waals surface area contributed by atoms with Crippen molar-refractivity contribution >= 4 is 27.6 Å². The highest BCUT2D eigenvalue weighted by molar-refractivity contribution is 6.03. The van der Waals surface area contributed by atoms with Crippen LogP contribution in [0.15, 0.2) is 41.2 Å². The SMILES string of the molecule is CO[N+]1(c2ccc3[nH]c(=O)c4ccccc4c3n2)CC[N+](C)([O-])CC1. The Morgan fingerprint density at radius 2 is 1.76 bits per heavy atom. The minimum absolute atomic E-state index is 0.120. The highest BCUT2D eigenvalue weighted by Gasteiger charge is 2.41. The maximum Gasteiger partial charge on any atom is 0.261 e. The summed E-state index contributed by atoms with van der Waals surface area (Å²) in [5.74, 6) is 0.756. The van der Waals surface area contributed by atoms with Gasteiger partial charge in [-0.3, -0.25) is 4.79 Å². The van der Waals surface area contributed by atoms with Crippen LogP contribution in [0.5, 0.6) is 0 Å². The van der Waals surface area contributed by atoms with Crippen molar-refractivity contribution in [3.05, 3.63) is 52.0 Å². The number of aromatic amines is 1. The average Bonchev–Trinajstić information content (AvgIpc) is 2.62. The molecule has 1 aliphatic rings. The Bertz CT molecular complexity index is 1000. The number of nitrogens with zero attached hydrogens (tertiary/aromatic N) is 3. The summed E-state index contributed by atoms with van der Waals surface area (Å²) in [4.78, 5) is 25.7. The molecule has 0 spiro atoms. The van der Waals surface area contributed by atoms with Gasteiger partial charge in [-0.05, 0) is 12.1 Å². The predicted octanol–water partition coefficient (Wildman–Crippen LogP) is 1.90. The van der Waals surface area contributed by atoms with E-state index in [0.29, 0.717) is 37.1 Å². The van der Waals surface area contributed by atoms with Crippen LogP contribution in [0.1, 0.15) is 0 Å². The van der Waals surface area contributed by atoms with Crippen molar-refractivity contribution in [3.63, 3.8) is 0 Å². The van der Waals surface area contributed by atoms with Crippen molar-refractivity contribution in [1.82, 2.24) is 14.6 Å². The molecule has 1 aromatic carbocycles. The van der Waals surface area contributed by atoms with Crippen molar-refractivity contribution in [3.8, 4) is 0 Å². The average molecular weight is 341 g/mol. The van der Waals surface area contributed by atoms with Gasteiger partial charge in [0.1, 0.15) is 18.6 Å². The van der Waals surface area contributed by atoms with Gasteiger partial charge in [0.05, 0.1) is 19.7 Å². The fraction of sp³-hybridized carbons (Fsp3) is 0.333. The molecule has 3 heterocycles. The van der Waals surface area contributed by atoms with E-state index in [0.717, 1.165) is 16.7 Å². The molecule has 0 amide bonds. The Balaban J connectivity index is 1.90. The molecule has 0 saturated carbocycles. The Morgan fingerprint density at radius 1 is 1.08 bits per heavy atom. The second kappa shape index (κ2) is 5.60. The number of fused-ring (bicyclic) bond motifs is 3. The summed E-state index contributed by atoms with van der Waals surface area (Å²) in [7, 11) is 3.34. The summed E-state index contributed by atoms with van der Waals surface area (Å²) in [6.45, 7) is 2.08. The van der Waals surface area contributed by atoms with Crippen molar-refractivity contribution in [2.24, 2.45) is 0 Å². The molecule has 25 heavy (non-hydrogen) atoms. The molecule has 1 fully saturated rings. The van der Waals surface area contributed by atoms with Crippen LogP contribution in [-0.4, -0.2) is 55.0 Å². The first-order valence-electron chi connectivity index (χ1n) is 8.35. The van der Waals surface area contributed by atoms with Crippen LogP contribution in [0, 0.1) is 5.21 Å². The van der Waals surface area contributed by atoms with E-state index >= 15 is 0 Å². The van der Waals surface area contributed by atoms with Gasteiger partial charge in [0.2, 0.25) is 0 Å². The fourth-order valence-corrected chi connectivity index (χ4v) is 3.53. The minimum Gasteiger partial charge on any atom is -0.633 e. The molecule has 0 unspecified atom stereocenters. The van der Waals surface area contributed by atoms with Crippen LogP contribution in [0.25, 0.3) is 21.8 Å². The number of benzene rings is 1. The zero-order valence-electron chi connectivity index (χ0n) is 14.4. The monoisotopic (exact) mass is 341 g/mol. The Labute approximate surface area is 144 Å². The van der Waals surface area contributed by atoms with Crippen LogP contribution >= 0.6 is 0 Å². The van der Waals surface area contributed by atoms with Gasteiger partial charge in [-0.1, -0.05) is 18.2 Å². The Kier molecular flexibility index (Phi) is 3.62. The number of H-pyrrole nitrogens is 1. The van der Waals surface area contributed by atoms with E-state index in [2.05, 4.69) is 4.98 Å². The van der Waals surface area contributed by atoms with Crippen molar-refractivity contribution in [2.75, 3.05) is 40.3 Å². The minimum atomic E-state index is -0.257. The first-order chi connectivity index (χ1) is 11.9. The summed E-state index contributed by atoms with van der Waals surface area (Å²) in [5, 5.41) is 13.6. The molecule has 1 aliphatic heterocycles. The molecule has 2 aromatic heterocycles. The summed E-state index contributed by atoms with van der Waals surface area (Å²) in [5.41, 5.74) is 1.32. The second-order valence-corrected chi connectivity index (χ2v) is 6.83. The van der Waals surface area contributed by atoms with Crippen molar-refractivity contribution in [2.45, 2.75) is 0 Å². The molecule has 0 aliphatic carbocycles. The van der Waals surface area contributed by atoms with Gasteiger partial charge in [0.25, 0.3) is 11.4 Å². The first-order valence-corrected chi connectivity index (χ1v) is 8.35. The summed E-state index contributed by atoms with van der Waals surface area (Å²) >= 11 is 0. The van der Waals surface area contributed by atoms with Gasteiger partial charge in [-0.2, -0.15) is 9.82 Å². The van der Waals surface area contributed by atoms with Crippen LogP contribution in [0.4, 0.5) is 5.82 Å². The number of hydroxylamine groups is 5. The van der Waals surface area contributed by atoms with Gasteiger partial charge in [0, 0.05) is 16.8 Å². The molecule has 0 radical (unpaired) electrons. The third kappa shape index (κ3) is 2.61. The maximum absolute atomic E-state index is 12.2. The normalized spacial score (nSPS) is 27.0. The summed E-state index contributed by atoms with van der Waals surface area (Å²) in [6.07, 6.45) is 0. The zero-order chi connectivity index (χ0) is 17.7. The lowest BCUT2D eigenvalue weighted by Crippen LogP contribution is -2.64. The molecule has 3 aromatic rings. The Hall–Kier alpha value is -2.32. The number of rotatable bonds is 2. The highest BCUT2D eigenvalue weighted by atomic mass is 16.7. The molecule has 4 rings (SSSR count). The summed E-state index contributed by atoms with van der Waals surface area (Å²) in [6, 6.07) is 11.2. The van der Waals surface area contributed by atoms with E-state index < -0.39 is 0 Å². The summed E-state index contributed by atoms with van der Waals surface area (Å²) < 4.78 is -0.0351. The molecule has 1 N–H and O–H groups in total. The third-order valence-corrected chi connectivity index (χ3v) is 5.19. The lowest BCUT2D eigenvalue weighted by Gasteiger charge is -2.46. The van der Waals surface area contributed by atoms with Gasteiger partial charge < -0.3 is 14.8 Å². The van der Waals surface area contributed by atoms with Gasteiger partial charge >= 0.3 is 0 Å². The predicted molar refractivity (Wildman–Crippen MR) is 97.7 cm³/mol. The fourth-order valence-electron chi connectivity index (χ4n) is 3.53. The van der Waals surface area contributed by atoms with E-state index in [-0.39, 0.29) is 14.9 Å².